The summed E-state index contributed by atoms with van der Waals surface area (Å²) in [4.78, 5) is 2.13. The summed E-state index contributed by atoms with van der Waals surface area (Å²) in [6, 6.07) is 7.92. The van der Waals surface area contributed by atoms with Gasteiger partial charge in [-0.2, -0.15) is 0 Å². The second kappa shape index (κ2) is 3.74. The Labute approximate surface area is 72.6 Å². The molecule has 0 radical (unpaired) electrons. The molecule has 0 atom stereocenters. The summed E-state index contributed by atoms with van der Waals surface area (Å²) in [5.74, 6) is 0. The molecular weight excluding hydrogens is 158 g/mol. The van der Waals surface area contributed by atoms with Crippen molar-refractivity contribution in [3.8, 4) is 0 Å². The van der Waals surface area contributed by atoms with E-state index in [-0.39, 0.29) is 0 Å². The van der Waals surface area contributed by atoms with Crippen molar-refractivity contribution in [2.45, 2.75) is 6.54 Å². The van der Waals surface area contributed by atoms with Crippen LogP contribution in [0.4, 0.5) is 0 Å². The molecule has 0 saturated heterocycles. The molecule has 0 bridgehead atoms. The Balaban J connectivity index is 2.66. The van der Waals surface area contributed by atoms with Crippen LogP contribution in [-0.2, 0) is 6.54 Å². The summed E-state index contributed by atoms with van der Waals surface area (Å²) >= 11 is 5.73. The zero-order valence-corrected chi connectivity index (χ0v) is 7.60. The highest BCUT2D eigenvalue weighted by Gasteiger charge is 1.93. The van der Waals surface area contributed by atoms with Gasteiger partial charge in [0.25, 0.3) is 0 Å². The quantitative estimate of drug-likeness (QED) is 0.657. The van der Waals surface area contributed by atoms with Crippen molar-refractivity contribution >= 4 is 11.6 Å². The summed E-state index contributed by atoms with van der Waals surface area (Å²) in [5.41, 5.74) is 1.29. The molecule has 0 N–H and O–H groups in total. The summed E-state index contributed by atoms with van der Waals surface area (Å²) < 4.78 is 0. The summed E-state index contributed by atoms with van der Waals surface area (Å²) in [6.45, 7) is 0.969. The average molecular weight is 170 g/mol. The smallest absolute Gasteiger partial charge is 0.0406 e. The molecule has 0 aliphatic rings. The summed E-state index contributed by atoms with van der Waals surface area (Å²) in [6.07, 6.45) is 0. The molecule has 0 aromatic heterocycles. The zero-order valence-electron chi connectivity index (χ0n) is 6.84. The molecule has 0 amide bonds. The maximum atomic E-state index is 5.73. The summed E-state index contributed by atoms with van der Waals surface area (Å²) in [7, 11) is 4.10. The van der Waals surface area contributed by atoms with Crippen molar-refractivity contribution in [2.24, 2.45) is 0 Å². The van der Waals surface area contributed by atoms with Crippen molar-refractivity contribution in [3.63, 3.8) is 0 Å². The minimum atomic E-state index is 0.799. The molecule has 1 aromatic rings. The molecule has 0 fully saturated rings. The lowest BCUT2D eigenvalue weighted by Gasteiger charge is -2.08. The second-order valence-corrected chi connectivity index (χ2v) is 3.30. The van der Waals surface area contributed by atoms with Gasteiger partial charge in [-0.3, -0.25) is 0 Å². The van der Waals surface area contributed by atoms with E-state index < -0.39 is 0 Å². The van der Waals surface area contributed by atoms with Gasteiger partial charge in [0.1, 0.15) is 0 Å². The van der Waals surface area contributed by atoms with Gasteiger partial charge in [0.05, 0.1) is 0 Å². The van der Waals surface area contributed by atoms with Crippen LogP contribution >= 0.6 is 11.6 Å². The second-order valence-electron chi connectivity index (χ2n) is 2.86. The Morgan fingerprint density at radius 1 is 1.18 bits per heavy atom. The van der Waals surface area contributed by atoms with Crippen molar-refractivity contribution in [1.82, 2.24) is 4.90 Å². The lowest BCUT2D eigenvalue weighted by atomic mass is 10.2. The molecule has 1 nitrogen and oxygen atoms in total. The van der Waals surface area contributed by atoms with Gasteiger partial charge in [-0.05, 0) is 31.8 Å². The number of rotatable bonds is 2. The van der Waals surface area contributed by atoms with E-state index in [1.807, 2.05) is 24.3 Å². The number of benzene rings is 1. The van der Waals surface area contributed by atoms with Crippen molar-refractivity contribution in [2.75, 3.05) is 14.1 Å². The maximum absolute atomic E-state index is 5.73. The Morgan fingerprint density at radius 2 is 1.73 bits per heavy atom. The minimum Gasteiger partial charge on any atom is -0.305 e. The highest BCUT2D eigenvalue weighted by molar-refractivity contribution is 6.30. The molecule has 0 aliphatic heterocycles. The van der Waals surface area contributed by atoms with E-state index in [9.17, 15) is 0 Å². The van der Waals surface area contributed by atoms with Crippen LogP contribution in [0.1, 0.15) is 5.56 Å². The third-order valence-corrected chi connectivity index (χ3v) is 1.66. The van der Waals surface area contributed by atoms with Crippen LogP contribution in [0.2, 0.25) is 5.02 Å². The molecule has 1 aromatic carbocycles. The van der Waals surface area contributed by atoms with E-state index in [2.05, 4.69) is 19.0 Å². The Bertz CT molecular complexity index is 216. The number of halogens is 1. The van der Waals surface area contributed by atoms with Gasteiger partial charge in [-0.15, -0.1) is 0 Å². The molecule has 11 heavy (non-hydrogen) atoms. The lowest BCUT2D eigenvalue weighted by Crippen LogP contribution is -2.10. The van der Waals surface area contributed by atoms with E-state index in [4.69, 9.17) is 11.6 Å². The van der Waals surface area contributed by atoms with Crippen LogP contribution in [0, 0.1) is 0 Å². The van der Waals surface area contributed by atoms with Gasteiger partial charge in [-0.1, -0.05) is 23.7 Å². The predicted molar refractivity (Wildman–Crippen MR) is 48.8 cm³/mol. The molecular formula is C9H12ClN. The normalized spacial score (nSPS) is 10.5. The lowest BCUT2D eigenvalue weighted by molar-refractivity contribution is 0.402. The Hall–Kier alpha value is -0.530. The fraction of sp³-hybridized carbons (Fsp3) is 0.333. The first-order valence-corrected chi connectivity index (χ1v) is 3.95. The molecule has 0 heterocycles. The third kappa shape index (κ3) is 2.91. The van der Waals surface area contributed by atoms with Gasteiger partial charge in [-0.25, -0.2) is 0 Å². The van der Waals surface area contributed by atoms with E-state index in [1.165, 1.54) is 5.56 Å². The molecule has 0 unspecified atom stereocenters. The first kappa shape index (κ1) is 8.57. The molecule has 0 saturated carbocycles. The summed E-state index contributed by atoms with van der Waals surface area (Å²) in [5, 5.41) is 0.799. The number of nitrogens with zero attached hydrogens (tertiary/aromatic N) is 1. The topological polar surface area (TPSA) is 3.24 Å². The van der Waals surface area contributed by atoms with Gasteiger partial charge in [0.2, 0.25) is 0 Å². The van der Waals surface area contributed by atoms with Crippen molar-refractivity contribution in [3.05, 3.63) is 34.9 Å². The monoisotopic (exact) mass is 169 g/mol. The van der Waals surface area contributed by atoms with Crippen LogP contribution in [-0.4, -0.2) is 19.0 Å². The minimum absolute atomic E-state index is 0.799. The van der Waals surface area contributed by atoms with E-state index in [0.29, 0.717) is 0 Å². The SMILES string of the molecule is CN(C)Cc1ccc(Cl)cc1. The zero-order chi connectivity index (χ0) is 8.27. The molecule has 0 aliphatic carbocycles. The molecule has 0 spiro atoms. The number of hydrogen-bond donors (Lipinski definition) is 0. The maximum Gasteiger partial charge on any atom is 0.0406 e. The van der Waals surface area contributed by atoms with Crippen LogP contribution in [0.15, 0.2) is 24.3 Å². The van der Waals surface area contributed by atoms with Gasteiger partial charge >= 0.3 is 0 Å². The van der Waals surface area contributed by atoms with Crippen LogP contribution in [0.25, 0.3) is 0 Å². The van der Waals surface area contributed by atoms with Gasteiger partial charge < -0.3 is 4.90 Å². The largest absolute Gasteiger partial charge is 0.305 e. The first-order valence-electron chi connectivity index (χ1n) is 3.57. The standard InChI is InChI=1S/C9H12ClN/c1-11(2)7-8-3-5-9(10)6-4-8/h3-6H,7H2,1-2H3. The van der Waals surface area contributed by atoms with Crippen LogP contribution in [0.3, 0.4) is 0 Å². The molecule has 60 valence electrons. The molecule has 2 heteroatoms. The first-order chi connectivity index (χ1) is 5.18. The highest BCUT2D eigenvalue weighted by atomic mass is 35.5. The predicted octanol–water partition coefficient (Wildman–Crippen LogP) is 2.40. The van der Waals surface area contributed by atoms with Crippen LogP contribution in [0.5, 0.6) is 0 Å². The number of hydrogen-bond acceptors (Lipinski definition) is 1. The van der Waals surface area contributed by atoms with Crippen LogP contribution < -0.4 is 0 Å². The van der Waals surface area contributed by atoms with Gasteiger partial charge in [0, 0.05) is 11.6 Å². The Kier molecular flexibility index (Phi) is 2.92. The molecule has 1 rings (SSSR count). The van der Waals surface area contributed by atoms with Crippen molar-refractivity contribution < 1.29 is 0 Å². The average Bonchev–Trinajstić information content (AvgIpc) is 1.93. The fourth-order valence-corrected chi connectivity index (χ4v) is 1.08. The van der Waals surface area contributed by atoms with E-state index in [1.54, 1.807) is 0 Å². The highest BCUT2D eigenvalue weighted by Crippen LogP contribution is 2.09. The fourth-order valence-electron chi connectivity index (χ4n) is 0.955. The Morgan fingerprint density at radius 3 is 2.18 bits per heavy atom. The van der Waals surface area contributed by atoms with E-state index in [0.717, 1.165) is 11.6 Å². The third-order valence-electron chi connectivity index (χ3n) is 1.41. The van der Waals surface area contributed by atoms with Gasteiger partial charge in [0.15, 0.2) is 0 Å². The van der Waals surface area contributed by atoms with E-state index >= 15 is 0 Å². The van der Waals surface area contributed by atoms with Crippen molar-refractivity contribution in [1.29, 1.82) is 0 Å².